The first-order chi connectivity index (χ1) is 12.1. The zero-order valence-electron chi connectivity index (χ0n) is 13.9. The molecule has 25 heavy (non-hydrogen) atoms. The maximum Gasteiger partial charge on any atom is 0.243 e. The normalized spacial score (nSPS) is 12.2. The van der Waals surface area contributed by atoms with Crippen LogP contribution in [-0.2, 0) is 16.0 Å². The van der Waals surface area contributed by atoms with Crippen molar-refractivity contribution in [3.05, 3.63) is 53.6 Å². The Morgan fingerprint density at radius 1 is 1.20 bits per heavy atom. The van der Waals surface area contributed by atoms with Crippen LogP contribution in [0.3, 0.4) is 0 Å². The molecule has 1 heterocycles. The third-order valence-corrected chi connectivity index (χ3v) is 4.08. The molecule has 3 rings (SSSR count). The van der Waals surface area contributed by atoms with Crippen LogP contribution < -0.4 is 15.5 Å². The Bertz CT molecular complexity index is 870. The second kappa shape index (κ2) is 7.05. The Morgan fingerprint density at radius 3 is 2.80 bits per heavy atom. The minimum Gasteiger partial charge on any atom is -0.376 e. The summed E-state index contributed by atoms with van der Waals surface area (Å²) in [7, 11) is 0. The fourth-order valence-corrected chi connectivity index (χ4v) is 2.89. The summed E-state index contributed by atoms with van der Waals surface area (Å²) in [5.41, 5.74) is 3.95. The molecule has 1 aliphatic heterocycles. The van der Waals surface area contributed by atoms with Crippen molar-refractivity contribution < 1.29 is 9.59 Å². The quantitative estimate of drug-likeness (QED) is 0.900. The predicted molar refractivity (Wildman–Crippen MR) is 96.4 cm³/mol. The summed E-state index contributed by atoms with van der Waals surface area (Å²) in [5.74, 6) is -0.150. The molecule has 0 atom stereocenters. The maximum atomic E-state index is 12.1. The lowest BCUT2D eigenvalue weighted by molar-refractivity contribution is -0.116. The first-order valence-corrected chi connectivity index (χ1v) is 8.02. The lowest BCUT2D eigenvalue weighted by Gasteiger charge is -2.15. The molecule has 0 fully saturated rings. The fraction of sp³-hybridized carbons (Fsp3) is 0.211. The van der Waals surface area contributed by atoms with E-state index in [9.17, 15) is 9.59 Å². The number of amides is 2. The van der Waals surface area contributed by atoms with Crippen molar-refractivity contribution in [1.82, 2.24) is 0 Å². The molecule has 6 nitrogen and oxygen atoms in total. The summed E-state index contributed by atoms with van der Waals surface area (Å²) in [4.78, 5) is 25.4. The molecule has 0 saturated carbocycles. The van der Waals surface area contributed by atoms with Crippen molar-refractivity contribution >= 4 is 28.9 Å². The SMILES string of the molecule is CC(=O)N1CCc2cc(NC(=O)CNc3cccc(C#N)c3)ccc21. The van der Waals surface area contributed by atoms with Crippen molar-refractivity contribution in [2.24, 2.45) is 0 Å². The number of hydrogen-bond donors (Lipinski definition) is 2. The molecule has 2 N–H and O–H groups in total. The Balaban J connectivity index is 1.60. The summed E-state index contributed by atoms with van der Waals surface area (Å²) in [6, 6.07) is 14.6. The van der Waals surface area contributed by atoms with E-state index in [1.807, 2.05) is 12.1 Å². The number of hydrogen-bond acceptors (Lipinski definition) is 4. The zero-order chi connectivity index (χ0) is 17.8. The summed E-state index contributed by atoms with van der Waals surface area (Å²) < 4.78 is 0. The van der Waals surface area contributed by atoms with Gasteiger partial charge in [-0.3, -0.25) is 9.59 Å². The highest BCUT2D eigenvalue weighted by molar-refractivity contribution is 5.96. The number of nitrogens with zero attached hydrogens (tertiary/aromatic N) is 2. The van der Waals surface area contributed by atoms with E-state index < -0.39 is 0 Å². The van der Waals surface area contributed by atoms with Gasteiger partial charge in [-0.2, -0.15) is 5.26 Å². The van der Waals surface area contributed by atoms with Gasteiger partial charge in [0.25, 0.3) is 0 Å². The second-order valence-electron chi connectivity index (χ2n) is 5.86. The van der Waals surface area contributed by atoms with Crippen molar-refractivity contribution in [1.29, 1.82) is 5.26 Å². The minimum atomic E-state index is -0.177. The Labute approximate surface area is 146 Å². The van der Waals surface area contributed by atoms with Crippen molar-refractivity contribution in [3.8, 4) is 6.07 Å². The first-order valence-electron chi connectivity index (χ1n) is 8.02. The topological polar surface area (TPSA) is 85.2 Å². The molecular weight excluding hydrogens is 316 g/mol. The molecule has 2 amide bonds. The van der Waals surface area contributed by atoms with E-state index in [1.54, 1.807) is 42.2 Å². The smallest absolute Gasteiger partial charge is 0.243 e. The molecule has 0 spiro atoms. The van der Waals surface area contributed by atoms with Gasteiger partial charge in [0.1, 0.15) is 0 Å². The zero-order valence-corrected chi connectivity index (χ0v) is 13.9. The highest BCUT2D eigenvalue weighted by Crippen LogP contribution is 2.30. The van der Waals surface area contributed by atoms with Crippen LogP contribution in [0, 0.1) is 11.3 Å². The standard InChI is InChI=1S/C19H18N4O2/c1-13(24)23-8-7-15-10-17(5-6-18(15)23)22-19(25)12-21-16-4-2-3-14(9-16)11-20/h2-6,9-10,21H,7-8,12H2,1H3,(H,22,25). The lowest BCUT2D eigenvalue weighted by Crippen LogP contribution is -2.25. The van der Waals surface area contributed by atoms with Gasteiger partial charge in [-0.25, -0.2) is 0 Å². The van der Waals surface area contributed by atoms with E-state index in [0.717, 1.165) is 23.4 Å². The summed E-state index contributed by atoms with van der Waals surface area (Å²) >= 11 is 0. The van der Waals surface area contributed by atoms with Gasteiger partial charge >= 0.3 is 0 Å². The van der Waals surface area contributed by atoms with Gasteiger partial charge < -0.3 is 15.5 Å². The fourth-order valence-electron chi connectivity index (χ4n) is 2.89. The molecule has 0 aromatic heterocycles. The van der Waals surface area contributed by atoms with Crippen LogP contribution in [0.2, 0.25) is 0 Å². The van der Waals surface area contributed by atoms with Gasteiger partial charge in [0, 0.05) is 30.5 Å². The predicted octanol–water partition coefficient (Wildman–Crippen LogP) is 2.52. The Morgan fingerprint density at radius 2 is 2.04 bits per heavy atom. The average molecular weight is 334 g/mol. The number of fused-ring (bicyclic) bond motifs is 1. The molecule has 0 saturated heterocycles. The summed E-state index contributed by atoms with van der Waals surface area (Å²) in [6.07, 6.45) is 0.790. The number of carbonyl (C=O) groups is 2. The van der Waals surface area contributed by atoms with Crippen LogP contribution >= 0.6 is 0 Å². The van der Waals surface area contributed by atoms with Gasteiger partial charge in [0.15, 0.2) is 0 Å². The van der Waals surface area contributed by atoms with E-state index in [0.29, 0.717) is 17.8 Å². The van der Waals surface area contributed by atoms with E-state index in [4.69, 9.17) is 5.26 Å². The van der Waals surface area contributed by atoms with E-state index in [2.05, 4.69) is 16.7 Å². The molecule has 2 aromatic rings. The molecule has 0 unspecified atom stereocenters. The highest BCUT2D eigenvalue weighted by Gasteiger charge is 2.22. The molecular formula is C19H18N4O2. The van der Waals surface area contributed by atoms with Crippen LogP contribution in [0.5, 0.6) is 0 Å². The van der Waals surface area contributed by atoms with E-state index in [1.165, 1.54) is 0 Å². The molecule has 0 radical (unpaired) electrons. The lowest BCUT2D eigenvalue weighted by atomic mass is 10.1. The molecule has 1 aliphatic rings. The molecule has 0 bridgehead atoms. The van der Waals surface area contributed by atoms with E-state index in [-0.39, 0.29) is 18.4 Å². The first kappa shape index (κ1) is 16.5. The number of nitrogens with one attached hydrogen (secondary N) is 2. The molecule has 0 aliphatic carbocycles. The number of carbonyl (C=O) groups excluding carboxylic acids is 2. The third-order valence-electron chi connectivity index (χ3n) is 4.08. The van der Waals surface area contributed by atoms with Crippen molar-refractivity contribution in [2.45, 2.75) is 13.3 Å². The van der Waals surface area contributed by atoms with Crippen LogP contribution in [0.1, 0.15) is 18.1 Å². The van der Waals surface area contributed by atoms with Crippen molar-refractivity contribution in [3.63, 3.8) is 0 Å². The monoisotopic (exact) mass is 334 g/mol. The van der Waals surface area contributed by atoms with Crippen LogP contribution in [0.25, 0.3) is 0 Å². The van der Waals surface area contributed by atoms with Gasteiger partial charge in [0.2, 0.25) is 11.8 Å². The molecule has 2 aromatic carbocycles. The summed E-state index contributed by atoms with van der Waals surface area (Å²) in [5, 5.41) is 14.7. The van der Waals surface area contributed by atoms with Crippen LogP contribution in [0.15, 0.2) is 42.5 Å². The maximum absolute atomic E-state index is 12.1. The van der Waals surface area contributed by atoms with Crippen molar-refractivity contribution in [2.75, 3.05) is 28.6 Å². The van der Waals surface area contributed by atoms with Gasteiger partial charge in [-0.05, 0) is 48.4 Å². The number of benzene rings is 2. The number of nitriles is 1. The second-order valence-corrected chi connectivity index (χ2v) is 5.86. The van der Waals surface area contributed by atoms with E-state index >= 15 is 0 Å². The largest absolute Gasteiger partial charge is 0.376 e. The summed E-state index contributed by atoms with van der Waals surface area (Å²) in [6.45, 7) is 2.34. The Hall–Kier alpha value is -3.33. The minimum absolute atomic E-state index is 0.0272. The third kappa shape index (κ3) is 3.78. The van der Waals surface area contributed by atoms with Crippen LogP contribution in [-0.4, -0.2) is 24.9 Å². The molecule has 126 valence electrons. The molecule has 6 heteroatoms. The van der Waals surface area contributed by atoms with Gasteiger partial charge in [-0.1, -0.05) is 6.07 Å². The van der Waals surface area contributed by atoms with Crippen LogP contribution in [0.4, 0.5) is 17.1 Å². The van der Waals surface area contributed by atoms with Gasteiger partial charge in [0.05, 0.1) is 18.2 Å². The average Bonchev–Trinajstić information content (AvgIpc) is 3.03. The number of rotatable bonds is 4. The number of anilines is 3. The van der Waals surface area contributed by atoms with Gasteiger partial charge in [-0.15, -0.1) is 0 Å². The Kier molecular flexibility index (Phi) is 4.66. The highest BCUT2D eigenvalue weighted by atomic mass is 16.2.